The minimum atomic E-state index is -0.770. The van der Waals surface area contributed by atoms with Crippen LogP contribution >= 0.6 is 15.9 Å². The van der Waals surface area contributed by atoms with Crippen molar-refractivity contribution in [1.29, 1.82) is 0 Å². The van der Waals surface area contributed by atoms with Crippen molar-refractivity contribution in [2.75, 3.05) is 6.61 Å². The van der Waals surface area contributed by atoms with Gasteiger partial charge in [-0.3, -0.25) is 14.2 Å². The summed E-state index contributed by atoms with van der Waals surface area (Å²) in [6.07, 6.45) is 0.564. The third-order valence-corrected chi connectivity index (χ3v) is 4.74. The number of esters is 2. The largest absolute Gasteiger partial charge is 0.492 e. The van der Waals surface area contributed by atoms with Crippen LogP contribution in [0.4, 0.5) is 0 Å². The van der Waals surface area contributed by atoms with Gasteiger partial charge in [-0.1, -0.05) is 15.9 Å². The van der Waals surface area contributed by atoms with E-state index < -0.39 is 35.2 Å². The number of fused-ring (bicyclic) bond motifs is 1. The third-order valence-electron chi connectivity index (χ3n) is 3.63. The SMILES string of the molecule is CC(=O)OC[C@H]1O[C@@H](n2cnc3c(O)ncnc32)[C@H](OC(C)=O)[C@H]1Br. The fourth-order valence-corrected chi connectivity index (χ4v) is 3.24. The number of rotatable bonds is 4. The van der Waals surface area contributed by atoms with Gasteiger partial charge in [-0.25, -0.2) is 9.97 Å². The summed E-state index contributed by atoms with van der Waals surface area (Å²) in [6.45, 7) is 2.57. The number of imidazole rings is 1. The number of ether oxygens (including phenoxy) is 3. The first-order valence-corrected chi connectivity index (χ1v) is 8.26. The quantitative estimate of drug-likeness (QED) is 0.567. The van der Waals surface area contributed by atoms with E-state index in [-0.39, 0.29) is 18.0 Å². The second-order valence-corrected chi connectivity index (χ2v) is 6.46. The highest BCUT2D eigenvalue weighted by atomic mass is 79.9. The maximum absolute atomic E-state index is 11.5. The molecule has 0 aromatic carbocycles. The number of carbonyl (C=O) groups is 2. The Morgan fingerprint density at radius 3 is 2.76 bits per heavy atom. The number of alkyl halides is 1. The Kier molecular flexibility index (Phi) is 4.86. The van der Waals surface area contributed by atoms with Gasteiger partial charge in [0.25, 0.3) is 0 Å². The number of hydrogen-bond acceptors (Lipinski definition) is 9. The molecule has 11 heteroatoms. The van der Waals surface area contributed by atoms with Crippen molar-refractivity contribution >= 4 is 39.0 Å². The molecule has 4 atom stereocenters. The first-order valence-electron chi connectivity index (χ1n) is 7.35. The van der Waals surface area contributed by atoms with Gasteiger partial charge >= 0.3 is 11.9 Å². The van der Waals surface area contributed by atoms with Crippen molar-refractivity contribution in [2.45, 2.75) is 37.1 Å². The minimum Gasteiger partial charge on any atom is -0.492 e. The van der Waals surface area contributed by atoms with E-state index in [2.05, 4.69) is 30.9 Å². The molecule has 1 fully saturated rings. The molecule has 0 aliphatic carbocycles. The molecule has 1 aliphatic rings. The van der Waals surface area contributed by atoms with E-state index in [0.29, 0.717) is 5.65 Å². The van der Waals surface area contributed by atoms with Gasteiger partial charge in [-0.2, -0.15) is 4.98 Å². The van der Waals surface area contributed by atoms with Crippen LogP contribution in [0.15, 0.2) is 12.7 Å². The van der Waals surface area contributed by atoms with E-state index in [1.807, 2.05) is 0 Å². The van der Waals surface area contributed by atoms with Crippen molar-refractivity contribution in [3.63, 3.8) is 0 Å². The average molecular weight is 415 g/mol. The van der Waals surface area contributed by atoms with Gasteiger partial charge in [0, 0.05) is 13.8 Å². The monoisotopic (exact) mass is 414 g/mol. The molecule has 3 rings (SSSR count). The number of carbonyl (C=O) groups excluding carboxylic acids is 2. The normalized spacial score (nSPS) is 25.9. The highest BCUT2D eigenvalue weighted by Gasteiger charge is 2.47. The Morgan fingerprint density at radius 1 is 1.32 bits per heavy atom. The molecule has 0 unspecified atom stereocenters. The van der Waals surface area contributed by atoms with Gasteiger partial charge < -0.3 is 19.3 Å². The summed E-state index contributed by atoms with van der Waals surface area (Å²) in [4.78, 5) is 33.9. The number of aromatic nitrogens is 4. The summed E-state index contributed by atoms with van der Waals surface area (Å²) < 4.78 is 17.8. The number of hydrogen-bond donors (Lipinski definition) is 1. The summed E-state index contributed by atoms with van der Waals surface area (Å²) in [7, 11) is 0. The Morgan fingerprint density at radius 2 is 2.08 bits per heavy atom. The first-order chi connectivity index (χ1) is 11.9. The summed E-state index contributed by atoms with van der Waals surface area (Å²) >= 11 is 3.44. The number of nitrogens with zero attached hydrogens (tertiary/aromatic N) is 4. The van der Waals surface area contributed by atoms with Crippen LogP contribution in [0, 0.1) is 0 Å². The molecule has 1 N–H and O–H groups in total. The molecule has 3 heterocycles. The van der Waals surface area contributed by atoms with Gasteiger partial charge in [0.05, 0.1) is 11.2 Å². The zero-order valence-electron chi connectivity index (χ0n) is 13.3. The minimum absolute atomic E-state index is 0.00756. The van der Waals surface area contributed by atoms with E-state index >= 15 is 0 Å². The Balaban J connectivity index is 1.94. The van der Waals surface area contributed by atoms with Gasteiger partial charge in [0.15, 0.2) is 23.5 Å². The lowest BCUT2D eigenvalue weighted by Gasteiger charge is -2.21. The molecular weight excluding hydrogens is 400 g/mol. The molecule has 1 aliphatic heterocycles. The molecular formula is C14H15BrN4O6. The summed E-state index contributed by atoms with van der Waals surface area (Å²) in [5.74, 6) is -1.20. The van der Waals surface area contributed by atoms with Gasteiger partial charge in [-0.05, 0) is 0 Å². The molecule has 1 saturated heterocycles. The first kappa shape index (κ1) is 17.5. The molecule has 0 spiro atoms. The van der Waals surface area contributed by atoms with Crippen LogP contribution in [0.1, 0.15) is 20.1 Å². The van der Waals surface area contributed by atoms with Crippen LogP contribution in [-0.2, 0) is 23.8 Å². The van der Waals surface area contributed by atoms with E-state index in [1.165, 1.54) is 31.1 Å². The van der Waals surface area contributed by atoms with E-state index in [9.17, 15) is 14.7 Å². The topological polar surface area (TPSA) is 126 Å². The van der Waals surface area contributed by atoms with Crippen molar-refractivity contribution in [1.82, 2.24) is 19.5 Å². The molecule has 2 aromatic heterocycles. The van der Waals surface area contributed by atoms with Crippen LogP contribution < -0.4 is 0 Å². The summed E-state index contributed by atoms with van der Waals surface area (Å²) in [5.41, 5.74) is 0.518. The molecule has 25 heavy (non-hydrogen) atoms. The van der Waals surface area contributed by atoms with Crippen LogP contribution in [0.25, 0.3) is 11.2 Å². The predicted molar refractivity (Wildman–Crippen MR) is 85.8 cm³/mol. The predicted octanol–water partition coefficient (Wildman–Crippen LogP) is 0.688. The maximum Gasteiger partial charge on any atom is 0.303 e. The second-order valence-electron chi connectivity index (χ2n) is 5.41. The fourth-order valence-electron chi connectivity index (χ4n) is 2.60. The third kappa shape index (κ3) is 3.42. The molecule has 2 aromatic rings. The molecule has 0 saturated carbocycles. The van der Waals surface area contributed by atoms with Crippen LogP contribution in [0.2, 0.25) is 0 Å². The fraction of sp³-hybridized carbons (Fsp3) is 0.500. The average Bonchev–Trinajstić information content (AvgIpc) is 3.09. The number of aromatic hydroxyl groups is 1. The Labute approximate surface area is 150 Å². The maximum atomic E-state index is 11.5. The highest BCUT2D eigenvalue weighted by Crippen LogP contribution is 2.38. The van der Waals surface area contributed by atoms with Gasteiger partial charge in [0.1, 0.15) is 19.0 Å². The summed E-state index contributed by atoms with van der Waals surface area (Å²) in [6, 6.07) is 0. The lowest BCUT2D eigenvalue weighted by atomic mass is 10.2. The smallest absolute Gasteiger partial charge is 0.303 e. The zero-order chi connectivity index (χ0) is 18.1. The van der Waals surface area contributed by atoms with E-state index in [1.54, 1.807) is 0 Å². The van der Waals surface area contributed by atoms with E-state index in [0.717, 1.165) is 0 Å². The second kappa shape index (κ2) is 6.92. The Hall–Kier alpha value is -2.27. The zero-order valence-corrected chi connectivity index (χ0v) is 14.9. The molecule has 0 amide bonds. The summed E-state index contributed by atoms with van der Waals surface area (Å²) in [5, 5.41) is 9.77. The highest BCUT2D eigenvalue weighted by molar-refractivity contribution is 9.09. The number of halogens is 1. The lowest BCUT2D eigenvalue weighted by molar-refractivity contribution is -0.152. The molecule has 134 valence electrons. The van der Waals surface area contributed by atoms with Crippen molar-refractivity contribution in [2.24, 2.45) is 0 Å². The van der Waals surface area contributed by atoms with Gasteiger partial charge in [-0.15, -0.1) is 0 Å². The van der Waals surface area contributed by atoms with Crippen molar-refractivity contribution in [3.8, 4) is 5.88 Å². The van der Waals surface area contributed by atoms with Crippen LogP contribution in [0.3, 0.4) is 0 Å². The van der Waals surface area contributed by atoms with Crippen molar-refractivity contribution < 1.29 is 28.9 Å². The Bertz CT molecular complexity index is 812. The van der Waals surface area contributed by atoms with Crippen LogP contribution in [-0.4, -0.2) is 60.2 Å². The van der Waals surface area contributed by atoms with Crippen LogP contribution in [0.5, 0.6) is 5.88 Å². The standard InChI is InChI=1S/C14H15BrN4O6/c1-6(20)23-3-8-9(15)11(24-7(2)21)14(25-8)19-5-18-10-12(19)16-4-17-13(10)22/h4-5,8-9,11,14H,3H2,1-2H3,(H,16,17,22)/t8-,9+,11-,14-/m1/s1. The lowest BCUT2D eigenvalue weighted by Crippen LogP contribution is -2.33. The molecule has 10 nitrogen and oxygen atoms in total. The van der Waals surface area contributed by atoms with Crippen molar-refractivity contribution in [3.05, 3.63) is 12.7 Å². The molecule has 0 radical (unpaired) electrons. The van der Waals surface area contributed by atoms with E-state index in [4.69, 9.17) is 14.2 Å². The molecule has 0 bridgehead atoms. The van der Waals surface area contributed by atoms with Gasteiger partial charge in [0.2, 0.25) is 5.88 Å².